The summed E-state index contributed by atoms with van der Waals surface area (Å²) >= 11 is 0. The van der Waals surface area contributed by atoms with Crippen LogP contribution in [-0.2, 0) is 6.54 Å². The highest BCUT2D eigenvalue weighted by atomic mass is 19.1. The second kappa shape index (κ2) is 6.83. The molecule has 1 fully saturated rings. The van der Waals surface area contributed by atoms with Gasteiger partial charge in [-0.1, -0.05) is 12.1 Å². The molecule has 2 N–H and O–H groups in total. The number of nitrogens with one attached hydrogen (secondary N) is 2. The predicted octanol–water partition coefficient (Wildman–Crippen LogP) is 1.21. The highest BCUT2D eigenvalue weighted by Gasteiger charge is 2.17. The van der Waals surface area contributed by atoms with Gasteiger partial charge in [-0.2, -0.15) is 0 Å². The summed E-state index contributed by atoms with van der Waals surface area (Å²) in [4.78, 5) is 2.40. The van der Waals surface area contributed by atoms with Gasteiger partial charge in [0.1, 0.15) is 5.82 Å². The van der Waals surface area contributed by atoms with Crippen molar-refractivity contribution < 1.29 is 4.39 Å². The van der Waals surface area contributed by atoms with E-state index in [2.05, 4.69) is 22.6 Å². The lowest BCUT2D eigenvalue weighted by Gasteiger charge is -2.33. The molecule has 1 atom stereocenters. The van der Waals surface area contributed by atoms with Crippen molar-refractivity contribution in [3.63, 3.8) is 0 Å². The van der Waals surface area contributed by atoms with Crippen molar-refractivity contribution in [2.24, 2.45) is 0 Å². The van der Waals surface area contributed by atoms with Gasteiger partial charge in [0.2, 0.25) is 0 Å². The molecule has 0 bridgehead atoms. The molecule has 1 saturated heterocycles. The molecule has 0 radical (unpaired) electrons. The summed E-state index contributed by atoms with van der Waals surface area (Å²) < 4.78 is 13.0. The van der Waals surface area contributed by atoms with Crippen molar-refractivity contribution in [1.82, 2.24) is 15.5 Å². The zero-order chi connectivity index (χ0) is 12.8. The molecule has 0 aromatic heterocycles. The number of hydrogen-bond acceptors (Lipinski definition) is 3. The third-order valence-corrected chi connectivity index (χ3v) is 3.52. The molecule has 0 aliphatic carbocycles. The zero-order valence-corrected chi connectivity index (χ0v) is 11.0. The molecule has 1 aromatic rings. The zero-order valence-electron chi connectivity index (χ0n) is 11.0. The van der Waals surface area contributed by atoms with Crippen LogP contribution < -0.4 is 10.6 Å². The molecule has 0 saturated carbocycles. The number of rotatable bonds is 5. The minimum atomic E-state index is -0.162. The van der Waals surface area contributed by atoms with Crippen LogP contribution in [0.1, 0.15) is 12.0 Å². The molecule has 0 amide bonds. The Morgan fingerprint density at radius 2 is 2.39 bits per heavy atom. The van der Waals surface area contributed by atoms with E-state index >= 15 is 0 Å². The molecule has 1 aliphatic rings. The van der Waals surface area contributed by atoms with E-state index in [0.717, 1.165) is 44.7 Å². The average molecular weight is 251 g/mol. The van der Waals surface area contributed by atoms with Crippen molar-refractivity contribution in [1.29, 1.82) is 0 Å². The van der Waals surface area contributed by atoms with Gasteiger partial charge >= 0.3 is 0 Å². The summed E-state index contributed by atoms with van der Waals surface area (Å²) in [6, 6.07) is 7.38. The number of piperazine rings is 1. The van der Waals surface area contributed by atoms with Crippen LogP contribution in [-0.4, -0.2) is 44.2 Å². The van der Waals surface area contributed by atoms with Gasteiger partial charge in [0.15, 0.2) is 0 Å². The van der Waals surface area contributed by atoms with Crippen molar-refractivity contribution in [3.05, 3.63) is 35.6 Å². The summed E-state index contributed by atoms with van der Waals surface area (Å²) in [5, 5.41) is 6.79. The largest absolute Gasteiger partial charge is 0.314 e. The first-order chi connectivity index (χ1) is 8.75. The van der Waals surface area contributed by atoms with Gasteiger partial charge in [-0.3, -0.25) is 0 Å². The summed E-state index contributed by atoms with van der Waals surface area (Å²) in [7, 11) is 2.18. The minimum absolute atomic E-state index is 0.162. The van der Waals surface area contributed by atoms with Crippen molar-refractivity contribution in [3.8, 4) is 0 Å². The van der Waals surface area contributed by atoms with Crippen LogP contribution in [0, 0.1) is 5.82 Å². The Balaban J connectivity index is 1.66. The lowest BCUT2D eigenvalue weighted by atomic mass is 10.1. The Morgan fingerprint density at radius 1 is 1.50 bits per heavy atom. The molecule has 2 rings (SSSR count). The maximum absolute atomic E-state index is 13.0. The van der Waals surface area contributed by atoms with Gasteiger partial charge in [-0.15, -0.1) is 0 Å². The molecule has 1 unspecified atom stereocenters. The van der Waals surface area contributed by atoms with E-state index in [0.29, 0.717) is 6.04 Å². The number of benzene rings is 1. The Morgan fingerprint density at radius 3 is 3.17 bits per heavy atom. The third kappa shape index (κ3) is 4.05. The fraction of sp³-hybridized carbons (Fsp3) is 0.571. The van der Waals surface area contributed by atoms with Crippen molar-refractivity contribution in [2.75, 3.05) is 33.2 Å². The Bertz CT molecular complexity index is 370. The molecule has 1 aromatic carbocycles. The molecule has 4 heteroatoms. The van der Waals surface area contributed by atoms with E-state index in [9.17, 15) is 4.39 Å². The standard InChI is InChI=1S/C14H22FN3/c1-18-8-7-17-11-14(18)5-6-16-10-12-3-2-4-13(15)9-12/h2-4,9,14,16-17H,5-8,10-11H2,1H3. The monoisotopic (exact) mass is 251 g/mol. The number of hydrogen-bond donors (Lipinski definition) is 2. The van der Waals surface area contributed by atoms with Gasteiger partial charge < -0.3 is 15.5 Å². The van der Waals surface area contributed by atoms with Crippen molar-refractivity contribution >= 4 is 0 Å². The molecule has 100 valence electrons. The van der Waals surface area contributed by atoms with Gasteiger partial charge in [0, 0.05) is 32.2 Å². The first-order valence-electron chi connectivity index (χ1n) is 6.62. The maximum Gasteiger partial charge on any atom is 0.123 e. The van der Waals surface area contributed by atoms with E-state index < -0.39 is 0 Å². The van der Waals surface area contributed by atoms with Crippen LogP contribution in [0.4, 0.5) is 4.39 Å². The quantitative estimate of drug-likeness (QED) is 0.770. The lowest BCUT2D eigenvalue weighted by molar-refractivity contribution is 0.189. The van der Waals surface area contributed by atoms with Gasteiger partial charge in [0.25, 0.3) is 0 Å². The fourth-order valence-corrected chi connectivity index (χ4v) is 2.33. The molecule has 1 heterocycles. The predicted molar refractivity (Wildman–Crippen MR) is 72.0 cm³/mol. The smallest absolute Gasteiger partial charge is 0.123 e. The van der Waals surface area contributed by atoms with Crippen molar-refractivity contribution in [2.45, 2.75) is 19.0 Å². The van der Waals surface area contributed by atoms with E-state index in [1.807, 2.05) is 6.07 Å². The molecular formula is C14H22FN3. The normalized spacial score (nSPS) is 21.1. The molecule has 1 aliphatic heterocycles. The van der Waals surface area contributed by atoms with Gasteiger partial charge in [-0.25, -0.2) is 4.39 Å². The Hall–Kier alpha value is -0.970. The fourth-order valence-electron chi connectivity index (χ4n) is 2.33. The topological polar surface area (TPSA) is 27.3 Å². The summed E-state index contributed by atoms with van der Waals surface area (Å²) in [5.41, 5.74) is 1.00. The van der Waals surface area contributed by atoms with Crippen LogP contribution in [0.2, 0.25) is 0 Å². The van der Waals surface area contributed by atoms with Crippen LogP contribution >= 0.6 is 0 Å². The molecular weight excluding hydrogens is 229 g/mol. The summed E-state index contributed by atoms with van der Waals surface area (Å²) in [6.45, 7) is 4.98. The SMILES string of the molecule is CN1CCNCC1CCNCc1cccc(F)c1. The van der Waals surface area contributed by atoms with Gasteiger partial charge in [0.05, 0.1) is 0 Å². The highest BCUT2D eigenvalue weighted by molar-refractivity contribution is 5.15. The molecule has 3 nitrogen and oxygen atoms in total. The highest BCUT2D eigenvalue weighted by Crippen LogP contribution is 2.05. The number of nitrogens with zero attached hydrogens (tertiary/aromatic N) is 1. The van der Waals surface area contributed by atoms with E-state index in [1.165, 1.54) is 6.07 Å². The summed E-state index contributed by atoms with van der Waals surface area (Å²) in [6.07, 6.45) is 1.12. The number of halogens is 1. The van der Waals surface area contributed by atoms with Crippen LogP contribution in [0.25, 0.3) is 0 Å². The lowest BCUT2D eigenvalue weighted by Crippen LogP contribution is -2.50. The van der Waals surface area contributed by atoms with E-state index in [4.69, 9.17) is 0 Å². The van der Waals surface area contributed by atoms with E-state index in [1.54, 1.807) is 12.1 Å². The summed E-state index contributed by atoms with van der Waals surface area (Å²) in [5.74, 6) is -0.162. The number of likely N-dealkylation sites (N-methyl/N-ethyl adjacent to an activating group) is 1. The first-order valence-corrected chi connectivity index (χ1v) is 6.62. The second-order valence-corrected chi connectivity index (χ2v) is 4.93. The van der Waals surface area contributed by atoms with Crippen LogP contribution in [0.15, 0.2) is 24.3 Å². The second-order valence-electron chi connectivity index (χ2n) is 4.93. The Labute approximate surface area is 108 Å². The first kappa shape index (κ1) is 13.5. The average Bonchev–Trinajstić information content (AvgIpc) is 2.37. The van der Waals surface area contributed by atoms with Crippen LogP contribution in [0.5, 0.6) is 0 Å². The molecule has 18 heavy (non-hydrogen) atoms. The van der Waals surface area contributed by atoms with E-state index in [-0.39, 0.29) is 5.82 Å². The van der Waals surface area contributed by atoms with Crippen LogP contribution in [0.3, 0.4) is 0 Å². The van der Waals surface area contributed by atoms with Gasteiger partial charge in [-0.05, 0) is 37.7 Å². The maximum atomic E-state index is 13.0. The third-order valence-electron chi connectivity index (χ3n) is 3.52. The Kier molecular flexibility index (Phi) is 5.11. The minimum Gasteiger partial charge on any atom is -0.314 e. The molecule has 0 spiro atoms.